The van der Waals surface area contributed by atoms with Crippen LogP contribution in [0.25, 0.3) is 0 Å². The third-order valence-corrected chi connectivity index (χ3v) is 7.97. The van der Waals surface area contributed by atoms with E-state index in [-0.39, 0.29) is 57.4 Å². The van der Waals surface area contributed by atoms with Crippen molar-refractivity contribution in [3.05, 3.63) is 0 Å². The van der Waals surface area contributed by atoms with Crippen molar-refractivity contribution in [2.24, 2.45) is 5.41 Å². The maximum atomic E-state index is 12.6. The minimum atomic E-state index is -0.583. The second kappa shape index (κ2) is 25.8. The van der Waals surface area contributed by atoms with Gasteiger partial charge in [0.15, 0.2) is 0 Å². The van der Waals surface area contributed by atoms with Crippen molar-refractivity contribution in [3.8, 4) is 0 Å². The van der Waals surface area contributed by atoms with Gasteiger partial charge >= 0.3 is 0 Å². The first-order valence-corrected chi connectivity index (χ1v) is 16.6. The predicted molar refractivity (Wildman–Crippen MR) is 171 cm³/mol. The molecule has 0 unspecified atom stereocenters. The number of hydrogen-bond acceptors (Lipinski definition) is 6. The number of rotatable bonds is 28. The molecule has 0 aliphatic carbocycles. The van der Waals surface area contributed by atoms with Crippen molar-refractivity contribution in [1.82, 2.24) is 14.7 Å². The maximum Gasteiger partial charge on any atom is 0.248 e. The molecule has 0 saturated carbocycles. The van der Waals surface area contributed by atoms with Crippen LogP contribution in [0.1, 0.15) is 111 Å². The number of unbranched alkanes of at least 4 members (excludes halogenated alkanes) is 9. The van der Waals surface area contributed by atoms with E-state index in [9.17, 15) is 14.4 Å². The molecule has 0 radical (unpaired) electrons. The summed E-state index contributed by atoms with van der Waals surface area (Å²) in [6.45, 7) is 11.3. The van der Waals surface area contributed by atoms with Crippen LogP contribution in [0.3, 0.4) is 0 Å². The van der Waals surface area contributed by atoms with Gasteiger partial charge < -0.3 is 28.9 Å². The normalized spacial score (nSPS) is 11.5. The van der Waals surface area contributed by atoms with Gasteiger partial charge in [0.25, 0.3) is 0 Å². The number of ether oxygens (including phenoxy) is 3. The smallest absolute Gasteiger partial charge is 0.248 e. The van der Waals surface area contributed by atoms with Gasteiger partial charge in [-0.25, -0.2) is 0 Å². The maximum absolute atomic E-state index is 12.6. The molecule has 0 aromatic carbocycles. The highest BCUT2D eigenvalue weighted by Gasteiger charge is 2.31. The Morgan fingerprint density at radius 3 is 1.00 bits per heavy atom. The molecular weight excluding hydrogens is 534 g/mol. The zero-order chi connectivity index (χ0) is 31.6. The van der Waals surface area contributed by atoms with E-state index in [1.807, 2.05) is 28.1 Å². The number of amides is 3. The second-order valence-corrected chi connectivity index (χ2v) is 12.0. The minimum absolute atomic E-state index is 0.0229. The standard InChI is InChI=1S/C33H65N3O6/c1-8-12-15-18-21-34(5)30(37)24-40-27-33(11-4,28-41-25-31(38)35(6)22-19-16-13-9-2)29-42-26-32(39)36(7)23-20-17-14-10-3/h8-29H2,1-7H3. The van der Waals surface area contributed by atoms with Gasteiger partial charge in [-0.05, 0) is 25.7 Å². The molecule has 0 aromatic rings. The Balaban J connectivity index is 5.01. The van der Waals surface area contributed by atoms with E-state index in [2.05, 4.69) is 20.8 Å². The highest BCUT2D eigenvalue weighted by atomic mass is 16.5. The van der Waals surface area contributed by atoms with E-state index in [1.54, 1.807) is 14.7 Å². The van der Waals surface area contributed by atoms with Crippen LogP contribution in [0.2, 0.25) is 0 Å². The van der Waals surface area contributed by atoms with Gasteiger partial charge in [-0.2, -0.15) is 0 Å². The van der Waals surface area contributed by atoms with Crippen molar-refractivity contribution in [1.29, 1.82) is 0 Å². The Morgan fingerprint density at radius 2 is 0.762 bits per heavy atom. The van der Waals surface area contributed by atoms with Gasteiger partial charge in [-0.15, -0.1) is 0 Å². The third kappa shape index (κ3) is 19.5. The lowest BCUT2D eigenvalue weighted by molar-refractivity contribution is -0.144. The molecule has 9 nitrogen and oxygen atoms in total. The van der Waals surface area contributed by atoms with Crippen LogP contribution in [0.5, 0.6) is 0 Å². The Hall–Kier alpha value is -1.71. The molecule has 0 bridgehead atoms. The monoisotopic (exact) mass is 599 g/mol. The highest BCUT2D eigenvalue weighted by molar-refractivity contribution is 5.77. The first-order valence-electron chi connectivity index (χ1n) is 16.6. The van der Waals surface area contributed by atoms with E-state index in [1.165, 1.54) is 19.3 Å². The first kappa shape index (κ1) is 40.3. The molecule has 0 aromatic heterocycles. The SMILES string of the molecule is CCCCCCN(C)C(=O)COCC(CC)(COCC(=O)N(C)CCCCCC)COCC(=O)N(C)CCCCCC. The lowest BCUT2D eigenvalue weighted by Crippen LogP contribution is -2.41. The Kier molecular flexibility index (Phi) is 24.7. The van der Waals surface area contributed by atoms with E-state index in [0.29, 0.717) is 6.42 Å². The summed E-state index contributed by atoms with van der Waals surface area (Å²) in [4.78, 5) is 43.1. The number of likely N-dealkylation sites (N-methyl/N-ethyl adjacent to an activating group) is 3. The summed E-state index contributed by atoms with van der Waals surface area (Å²) in [6.07, 6.45) is 13.9. The summed E-state index contributed by atoms with van der Waals surface area (Å²) in [5, 5.41) is 0. The Labute approximate surface area is 258 Å². The molecule has 0 saturated heterocycles. The molecule has 3 amide bonds. The van der Waals surface area contributed by atoms with E-state index >= 15 is 0 Å². The average molecular weight is 600 g/mol. The van der Waals surface area contributed by atoms with Crippen LogP contribution in [-0.4, -0.2) is 113 Å². The fourth-order valence-electron chi connectivity index (χ4n) is 4.53. The van der Waals surface area contributed by atoms with Crippen molar-refractivity contribution < 1.29 is 28.6 Å². The van der Waals surface area contributed by atoms with E-state index in [0.717, 1.165) is 77.4 Å². The van der Waals surface area contributed by atoms with Gasteiger partial charge in [0.05, 0.1) is 19.8 Å². The van der Waals surface area contributed by atoms with Crippen LogP contribution < -0.4 is 0 Å². The number of hydrogen-bond donors (Lipinski definition) is 0. The van der Waals surface area contributed by atoms with E-state index in [4.69, 9.17) is 14.2 Å². The van der Waals surface area contributed by atoms with Gasteiger partial charge in [0, 0.05) is 46.2 Å². The average Bonchev–Trinajstić information content (AvgIpc) is 2.98. The summed E-state index contributed by atoms with van der Waals surface area (Å²) in [6, 6.07) is 0. The van der Waals surface area contributed by atoms with Crippen molar-refractivity contribution in [2.45, 2.75) is 111 Å². The summed E-state index contributed by atoms with van der Waals surface area (Å²) in [5.41, 5.74) is -0.583. The largest absolute Gasteiger partial charge is 0.371 e. The second-order valence-electron chi connectivity index (χ2n) is 12.0. The first-order chi connectivity index (χ1) is 20.2. The van der Waals surface area contributed by atoms with Crippen LogP contribution in [-0.2, 0) is 28.6 Å². The number of nitrogens with zero attached hydrogens (tertiary/aromatic N) is 3. The third-order valence-electron chi connectivity index (χ3n) is 7.97. The van der Waals surface area contributed by atoms with Gasteiger partial charge in [0.2, 0.25) is 17.7 Å². The molecule has 0 N–H and O–H groups in total. The molecule has 0 aliphatic heterocycles. The molecule has 0 heterocycles. The van der Waals surface area contributed by atoms with Crippen LogP contribution >= 0.6 is 0 Å². The Bertz CT molecular complexity index is 617. The lowest BCUT2D eigenvalue weighted by Gasteiger charge is -2.32. The molecule has 248 valence electrons. The summed E-state index contributed by atoms with van der Waals surface area (Å²) in [5.74, 6) is -0.172. The summed E-state index contributed by atoms with van der Waals surface area (Å²) >= 11 is 0. The summed E-state index contributed by atoms with van der Waals surface area (Å²) in [7, 11) is 5.43. The molecule has 0 fully saturated rings. The Morgan fingerprint density at radius 1 is 0.476 bits per heavy atom. The van der Waals surface area contributed by atoms with Gasteiger partial charge in [0.1, 0.15) is 19.8 Å². The lowest BCUT2D eigenvalue weighted by atomic mass is 9.88. The molecule has 0 aliphatic rings. The zero-order valence-corrected chi connectivity index (χ0v) is 28.3. The van der Waals surface area contributed by atoms with Crippen molar-refractivity contribution in [3.63, 3.8) is 0 Å². The van der Waals surface area contributed by atoms with Gasteiger partial charge in [-0.3, -0.25) is 14.4 Å². The summed E-state index contributed by atoms with van der Waals surface area (Å²) < 4.78 is 17.8. The fraction of sp³-hybridized carbons (Fsp3) is 0.909. The molecule has 42 heavy (non-hydrogen) atoms. The molecule has 0 spiro atoms. The molecule has 0 atom stereocenters. The predicted octanol–water partition coefficient (Wildman–Crippen LogP) is 5.55. The minimum Gasteiger partial charge on any atom is -0.371 e. The fourth-order valence-corrected chi connectivity index (χ4v) is 4.53. The van der Waals surface area contributed by atoms with Crippen molar-refractivity contribution in [2.75, 3.05) is 80.4 Å². The van der Waals surface area contributed by atoms with Crippen LogP contribution in [0.4, 0.5) is 0 Å². The quantitative estimate of drug-likeness (QED) is 0.110. The van der Waals surface area contributed by atoms with Crippen LogP contribution in [0.15, 0.2) is 0 Å². The zero-order valence-electron chi connectivity index (χ0n) is 28.3. The van der Waals surface area contributed by atoms with Crippen molar-refractivity contribution >= 4 is 17.7 Å². The topological polar surface area (TPSA) is 88.6 Å². The van der Waals surface area contributed by atoms with Crippen LogP contribution in [0, 0.1) is 5.41 Å². The van der Waals surface area contributed by atoms with E-state index < -0.39 is 5.41 Å². The number of carbonyl (C=O) groups excluding carboxylic acids is 3. The number of carbonyl (C=O) groups is 3. The molecule has 9 heteroatoms. The van der Waals surface area contributed by atoms with Gasteiger partial charge in [-0.1, -0.05) is 85.5 Å². The highest BCUT2D eigenvalue weighted by Crippen LogP contribution is 2.24. The molecule has 0 rings (SSSR count). The molecular formula is C33H65N3O6.